The number of carboxylic acid groups (broad SMARTS) is 6. The number of hydrogen-bond acceptors (Lipinski definition) is 15. The van der Waals surface area contributed by atoms with Gasteiger partial charge in [-0.3, -0.25) is 53.0 Å². The Morgan fingerprint density at radius 3 is 1.90 bits per heavy atom. The molecule has 1 aromatic rings. The fourth-order valence-electron chi connectivity index (χ4n) is 13.7. The summed E-state index contributed by atoms with van der Waals surface area (Å²) in [4.78, 5) is 112. The standard InChI is InChI=1S/C55H84N6O18/c1-33(4-13-47(67)68)38-9-10-39-52-40(28-43(63)55(38,39)3)54(2)18-14-37(26-35(54)27-42(52)62)58-45(65)12-11-44(64)56-29-46(66)57-36-7-5-34(6-8-36)31-79-32-41(53(77)78)61(21-17-50(73)74)25-24-59(19-15-48(69)70)22-23-60(30-51(75)76)20-16-49(71)72/h5-8,33,35,37-43,52,62-63H,4,9-32H2,1-3H3,(H,56,64)(H,57,66)(H,58,65)(H,67,68)(H,69,70)(H,71,72)(H,73,74)(H,75,76)(H,77,78)/t33-,35+,37+,38-,39+,40+,41?,42-,43+,52+,54+,55-/m1/s1. The molecular weight excluding hydrogens is 1030 g/mol. The van der Waals surface area contributed by atoms with Gasteiger partial charge in [-0.15, -0.1) is 0 Å². The van der Waals surface area contributed by atoms with Crippen LogP contribution in [0.15, 0.2) is 24.3 Å². The van der Waals surface area contributed by atoms with Gasteiger partial charge in [0.05, 0.1) is 57.8 Å². The monoisotopic (exact) mass is 1120 g/mol. The Morgan fingerprint density at radius 2 is 1.27 bits per heavy atom. The van der Waals surface area contributed by atoms with Crippen LogP contribution >= 0.6 is 0 Å². The number of aliphatic carboxylic acids is 6. The van der Waals surface area contributed by atoms with Crippen LogP contribution in [0.1, 0.15) is 116 Å². The number of benzene rings is 1. The number of carbonyl (C=O) groups is 9. The zero-order valence-corrected chi connectivity index (χ0v) is 45.8. The number of ether oxygens (including phenoxy) is 1. The van der Waals surface area contributed by atoms with E-state index in [1.165, 1.54) is 9.80 Å². The van der Waals surface area contributed by atoms with Crippen molar-refractivity contribution in [1.29, 1.82) is 0 Å². The first-order chi connectivity index (χ1) is 37.3. The Hall–Kier alpha value is -5.79. The van der Waals surface area contributed by atoms with Crippen LogP contribution in [-0.2, 0) is 54.5 Å². The van der Waals surface area contributed by atoms with E-state index < -0.39 is 84.3 Å². The van der Waals surface area contributed by atoms with Crippen molar-refractivity contribution in [1.82, 2.24) is 25.3 Å². The van der Waals surface area contributed by atoms with E-state index in [0.29, 0.717) is 36.9 Å². The number of hydrogen-bond donors (Lipinski definition) is 11. The summed E-state index contributed by atoms with van der Waals surface area (Å²) >= 11 is 0. The first-order valence-corrected chi connectivity index (χ1v) is 27.7. The smallest absolute Gasteiger partial charge is 0.323 e. The minimum Gasteiger partial charge on any atom is -0.481 e. The van der Waals surface area contributed by atoms with E-state index >= 15 is 0 Å². The number of nitrogens with one attached hydrogen (secondary N) is 3. The lowest BCUT2D eigenvalue weighted by Gasteiger charge is -2.63. The van der Waals surface area contributed by atoms with Gasteiger partial charge < -0.3 is 66.4 Å². The highest BCUT2D eigenvalue weighted by atomic mass is 16.5. The summed E-state index contributed by atoms with van der Waals surface area (Å²) in [5.74, 6) is -7.27. The van der Waals surface area contributed by atoms with Gasteiger partial charge in [0.15, 0.2) is 0 Å². The van der Waals surface area contributed by atoms with Crippen LogP contribution < -0.4 is 16.0 Å². The van der Waals surface area contributed by atoms with Crippen LogP contribution in [0.5, 0.6) is 0 Å². The molecule has 0 radical (unpaired) electrons. The van der Waals surface area contributed by atoms with Crippen molar-refractivity contribution < 1.29 is 88.7 Å². The molecule has 0 heterocycles. The molecule has 4 fully saturated rings. The lowest BCUT2D eigenvalue weighted by atomic mass is 9.43. The molecule has 1 aromatic carbocycles. The third-order valence-corrected chi connectivity index (χ3v) is 18.0. The summed E-state index contributed by atoms with van der Waals surface area (Å²) in [6.45, 7) is 5.24. The second kappa shape index (κ2) is 29.6. The summed E-state index contributed by atoms with van der Waals surface area (Å²) in [7, 11) is 0. The number of aliphatic hydroxyl groups excluding tert-OH is 2. The number of rotatable bonds is 34. The minimum absolute atomic E-state index is 0.00240. The fraction of sp³-hybridized carbons (Fsp3) is 0.727. The predicted octanol–water partition coefficient (Wildman–Crippen LogP) is 2.49. The number of fused-ring (bicyclic) bond motifs is 5. The number of carboxylic acids is 6. The molecule has 1 unspecified atom stereocenters. The quantitative estimate of drug-likeness (QED) is 0.0472. The van der Waals surface area contributed by atoms with E-state index in [9.17, 15) is 78.9 Å². The Bertz CT molecular complexity index is 2290. The van der Waals surface area contributed by atoms with Gasteiger partial charge in [-0.05, 0) is 115 Å². The number of anilines is 1. The first kappa shape index (κ1) is 64.0. The van der Waals surface area contributed by atoms with Crippen LogP contribution in [0, 0.1) is 46.3 Å². The van der Waals surface area contributed by atoms with E-state index in [0.717, 1.165) is 25.7 Å². The summed E-state index contributed by atoms with van der Waals surface area (Å²) in [6, 6.07) is 4.96. The largest absolute Gasteiger partial charge is 0.481 e. The molecule has 4 aliphatic carbocycles. The molecule has 11 N–H and O–H groups in total. The Balaban J connectivity index is 1.03. The molecule has 4 aliphatic rings. The molecule has 12 atom stereocenters. The minimum atomic E-state index is -1.32. The third-order valence-electron chi connectivity index (χ3n) is 18.0. The Labute approximate surface area is 460 Å². The van der Waals surface area contributed by atoms with Gasteiger partial charge in [0, 0.05) is 76.8 Å². The molecule has 79 heavy (non-hydrogen) atoms. The maximum atomic E-state index is 13.1. The van der Waals surface area contributed by atoms with Gasteiger partial charge in [0.1, 0.15) is 6.04 Å². The highest BCUT2D eigenvalue weighted by Gasteiger charge is 2.65. The maximum absolute atomic E-state index is 13.1. The SMILES string of the molecule is C[C@H](CCC(=O)O)[C@H]1CC[C@H]2[C@@H]3[C@H](O)C[C@@H]4C[C@@H](NC(=O)CCC(=O)NCC(=O)Nc5ccc(COCC(C(=O)O)N(CCC(=O)O)CCN(CCC(=O)O)CCN(CCC(=O)O)CC(=O)O)cc5)CC[C@]4(C)[C@H]3C[C@H](O)[C@]12C. The molecule has 3 amide bonds. The van der Waals surface area contributed by atoms with Crippen molar-refractivity contribution in [2.75, 3.05) is 70.8 Å². The van der Waals surface area contributed by atoms with Gasteiger partial charge >= 0.3 is 35.8 Å². The summed E-state index contributed by atoms with van der Waals surface area (Å²) in [5.41, 5.74) is 0.471. The molecule has 0 saturated heterocycles. The summed E-state index contributed by atoms with van der Waals surface area (Å²) in [6.07, 6.45) is 3.53. The van der Waals surface area contributed by atoms with Gasteiger partial charge in [0.2, 0.25) is 17.7 Å². The van der Waals surface area contributed by atoms with Crippen molar-refractivity contribution in [2.45, 2.75) is 142 Å². The normalized spacial score (nSPS) is 27.0. The van der Waals surface area contributed by atoms with Crippen LogP contribution in [-0.4, -0.2) is 199 Å². The highest BCUT2D eigenvalue weighted by molar-refractivity contribution is 5.95. The van der Waals surface area contributed by atoms with Crippen LogP contribution in [0.4, 0.5) is 5.69 Å². The molecule has 5 rings (SSSR count). The summed E-state index contributed by atoms with van der Waals surface area (Å²) in [5, 5.41) is 88.6. The summed E-state index contributed by atoms with van der Waals surface area (Å²) < 4.78 is 5.77. The maximum Gasteiger partial charge on any atom is 0.323 e. The predicted molar refractivity (Wildman–Crippen MR) is 283 cm³/mol. The second-order valence-corrected chi connectivity index (χ2v) is 22.9. The van der Waals surface area contributed by atoms with Crippen LogP contribution in [0.3, 0.4) is 0 Å². The van der Waals surface area contributed by atoms with E-state index in [2.05, 4.69) is 36.7 Å². The molecule has 0 spiro atoms. The fourth-order valence-corrected chi connectivity index (χ4v) is 13.7. The average molecular weight is 1120 g/mol. The molecule has 0 aliphatic heterocycles. The molecule has 24 nitrogen and oxygen atoms in total. The van der Waals surface area contributed by atoms with Crippen molar-refractivity contribution in [2.24, 2.45) is 46.3 Å². The van der Waals surface area contributed by atoms with E-state index in [1.54, 1.807) is 29.2 Å². The van der Waals surface area contributed by atoms with Gasteiger partial charge in [-0.25, -0.2) is 0 Å². The molecule has 0 bridgehead atoms. The van der Waals surface area contributed by atoms with Crippen LogP contribution in [0.25, 0.3) is 0 Å². The van der Waals surface area contributed by atoms with E-state index in [4.69, 9.17) is 9.84 Å². The molecule has 24 heteroatoms. The van der Waals surface area contributed by atoms with Crippen molar-refractivity contribution in [3.8, 4) is 0 Å². The number of nitrogens with zero attached hydrogens (tertiary/aromatic N) is 3. The van der Waals surface area contributed by atoms with Crippen molar-refractivity contribution in [3.05, 3.63) is 29.8 Å². The lowest BCUT2D eigenvalue weighted by Crippen LogP contribution is -2.63. The van der Waals surface area contributed by atoms with Crippen molar-refractivity contribution in [3.63, 3.8) is 0 Å². The lowest BCUT2D eigenvalue weighted by molar-refractivity contribution is -0.202. The molecular formula is C55H84N6O18. The van der Waals surface area contributed by atoms with Gasteiger partial charge in [0.25, 0.3) is 0 Å². The molecule has 0 aromatic heterocycles. The average Bonchev–Trinajstić information content (AvgIpc) is 4.04. The second-order valence-electron chi connectivity index (χ2n) is 22.9. The van der Waals surface area contributed by atoms with Gasteiger partial charge in [-0.1, -0.05) is 32.9 Å². The number of carbonyl (C=O) groups excluding carboxylic acids is 3. The Morgan fingerprint density at radius 1 is 0.658 bits per heavy atom. The first-order valence-electron chi connectivity index (χ1n) is 27.7. The topological polar surface area (TPSA) is 371 Å². The molecule has 442 valence electrons. The zero-order chi connectivity index (χ0) is 58.2. The number of aliphatic hydroxyl groups is 2. The van der Waals surface area contributed by atoms with Crippen molar-refractivity contribution >= 4 is 59.2 Å². The van der Waals surface area contributed by atoms with Gasteiger partial charge in [-0.2, -0.15) is 0 Å². The molecule has 4 saturated carbocycles. The Kier molecular flexibility index (Phi) is 24.0. The van der Waals surface area contributed by atoms with E-state index in [-0.39, 0.29) is 151 Å². The zero-order valence-electron chi connectivity index (χ0n) is 45.8. The number of amides is 3. The highest BCUT2D eigenvalue weighted by Crippen LogP contribution is 2.68. The van der Waals surface area contributed by atoms with Crippen LogP contribution in [0.2, 0.25) is 0 Å². The third kappa shape index (κ3) is 18.4. The van der Waals surface area contributed by atoms with E-state index in [1.807, 2.05) is 0 Å².